The van der Waals surface area contributed by atoms with E-state index < -0.39 is 22.7 Å². The van der Waals surface area contributed by atoms with Gasteiger partial charge in [-0.05, 0) is 24.1 Å². The summed E-state index contributed by atoms with van der Waals surface area (Å²) < 4.78 is 63.0. The van der Waals surface area contributed by atoms with Crippen LogP contribution in [-0.4, -0.2) is 32.0 Å². The standard InChI is InChI=1S/C12H16ClF3N2O2S/c1-8(2)6-18(7-12(14,15)16)21(19,20)11-4-3-9(17)5-10(11)13/h3-5,8H,6-7,17H2,1-2H3. The fourth-order valence-corrected chi connectivity index (χ4v) is 3.84. The maximum atomic E-state index is 12.6. The molecule has 0 aliphatic carbocycles. The van der Waals surface area contributed by atoms with Gasteiger partial charge in [0, 0.05) is 12.2 Å². The van der Waals surface area contributed by atoms with Crippen LogP contribution in [0.5, 0.6) is 0 Å². The van der Waals surface area contributed by atoms with Crippen molar-refractivity contribution < 1.29 is 21.6 Å². The van der Waals surface area contributed by atoms with Gasteiger partial charge in [0.2, 0.25) is 10.0 Å². The zero-order valence-corrected chi connectivity index (χ0v) is 13.1. The summed E-state index contributed by atoms with van der Waals surface area (Å²) in [4.78, 5) is -0.386. The summed E-state index contributed by atoms with van der Waals surface area (Å²) in [5.41, 5.74) is 5.68. The molecule has 0 radical (unpaired) electrons. The summed E-state index contributed by atoms with van der Waals surface area (Å²) in [7, 11) is -4.35. The molecule has 0 aromatic heterocycles. The lowest BCUT2D eigenvalue weighted by Gasteiger charge is -2.25. The molecule has 0 atom stereocenters. The number of halogens is 4. The highest BCUT2D eigenvalue weighted by Crippen LogP contribution is 2.29. The smallest absolute Gasteiger partial charge is 0.399 e. The molecule has 9 heteroatoms. The van der Waals surface area contributed by atoms with E-state index in [1.54, 1.807) is 13.8 Å². The Morgan fingerprint density at radius 1 is 1.33 bits per heavy atom. The van der Waals surface area contributed by atoms with Crippen molar-refractivity contribution in [3.05, 3.63) is 23.2 Å². The minimum Gasteiger partial charge on any atom is -0.399 e. The first-order valence-corrected chi connectivity index (χ1v) is 7.87. The van der Waals surface area contributed by atoms with E-state index in [9.17, 15) is 21.6 Å². The van der Waals surface area contributed by atoms with Crippen LogP contribution in [0.2, 0.25) is 5.02 Å². The first-order valence-electron chi connectivity index (χ1n) is 6.05. The van der Waals surface area contributed by atoms with Gasteiger partial charge in [0.05, 0.1) is 5.02 Å². The van der Waals surface area contributed by atoms with Crippen molar-refractivity contribution in [3.63, 3.8) is 0 Å². The van der Waals surface area contributed by atoms with Crippen LogP contribution in [0, 0.1) is 5.92 Å². The lowest BCUT2D eigenvalue weighted by molar-refractivity contribution is -0.136. The molecule has 0 unspecified atom stereocenters. The highest BCUT2D eigenvalue weighted by atomic mass is 35.5. The Balaban J connectivity index is 3.26. The van der Waals surface area contributed by atoms with Gasteiger partial charge in [-0.25, -0.2) is 8.42 Å². The molecule has 0 saturated carbocycles. The molecular weight excluding hydrogens is 329 g/mol. The SMILES string of the molecule is CC(C)CN(CC(F)(F)F)S(=O)(=O)c1ccc(N)cc1Cl. The summed E-state index contributed by atoms with van der Waals surface area (Å²) in [5.74, 6) is -0.269. The quantitative estimate of drug-likeness (QED) is 0.835. The Bertz CT molecular complexity index is 603. The molecule has 0 fully saturated rings. The average molecular weight is 345 g/mol. The normalized spacial score (nSPS) is 13.1. The second-order valence-corrected chi connectivity index (χ2v) is 7.31. The summed E-state index contributed by atoms with van der Waals surface area (Å²) in [6.45, 7) is 1.43. The number of hydrogen-bond donors (Lipinski definition) is 1. The molecule has 21 heavy (non-hydrogen) atoms. The molecule has 0 aliphatic rings. The number of nitrogens with two attached hydrogens (primary N) is 1. The Hall–Kier alpha value is -0.990. The minimum absolute atomic E-state index is 0.203. The van der Waals surface area contributed by atoms with E-state index in [4.69, 9.17) is 17.3 Å². The van der Waals surface area contributed by atoms with Crippen molar-refractivity contribution in [1.29, 1.82) is 0 Å². The molecule has 0 spiro atoms. The van der Waals surface area contributed by atoms with Crippen molar-refractivity contribution in [1.82, 2.24) is 4.31 Å². The molecule has 0 aliphatic heterocycles. The predicted octanol–water partition coefficient (Wildman–Crippen LogP) is 3.13. The van der Waals surface area contributed by atoms with E-state index >= 15 is 0 Å². The van der Waals surface area contributed by atoms with Gasteiger partial charge in [-0.2, -0.15) is 17.5 Å². The van der Waals surface area contributed by atoms with Gasteiger partial charge in [-0.3, -0.25) is 0 Å². The molecule has 0 amide bonds. The monoisotopic (exact) mass is 344 g/mol. The molecule has 1 rings (SSSR count). The van der Waals surface area contributed by atoms with E-state index in [1.165, 1.54) is 12.1 Å². The second-order valence-electron chi connectivity index (χ2n) is 5.00. The largest absolute Gasteiger partial charge is 0.402 e. The number of benzene rings is 1. The minimum atomic E-state index is -4.64. The van der Waals surface area contributed by atoms with Crippen LogP contribution in [0.1, 0.15) is 13.8 Å². The third-order valence-corrected chi connectivity index (χ3v) is 4.79. The topological polar surface area (TPSA) is 63.4 Å². The highest BCUT2D eigenvalue weighted by molar-refractivity contribution is 7.89. The van der Waals surface area contributed by atoms with Gasteiger partial charge in [-0.1, -0.05) is 25.4 Å². The number of sulfonamides is 1. The van der Waals surface area contributed by atoms with Gasteiger partial charge in [0.1, 0.15) is 11.4 Å². The van der Waals surface area contributed by atoms with E-state index in [0.717, 1.165) is 6.07 Å². The maximum Gasteiger partial charge on any atom is 0.402 e. The molecule has 4 nitrogen and oxygen atoms in total. The van der Waals surface area contributed by atoms with Crippen molar-refractivity contribution in [2.24, 2.45) is 5.92 Å². The van der Waals surface area contributed by atoms with E-state index in [1.807, 2.05) is 0 Å². The lowest BCUT2D eigenvalue weighted by Crippen LogP contribution is -2.41. The van der Waals surface area contributed by atoms with Crippen LogP contribution < -0.4 is 5.73 Å². The van der Waals surface area contributed by atoms with E-state index in [0.29, 0.717) is 4.31 Å². The molecule has 1 aromatic carbocycles. The fraction of sp³-hybridized carbons (Fsp3) is 0.500. The van der Waals surface area contributed by atoms with Gasteiger partial charge < -0.3 is 5.73 Å². The lowest BCUT2D eigenvalue weighted by atomic mass is 10.2. The molecule has 2 N–H and O–H groups in total. The summed E-state index contributed by atoms with van der Waals surface area (Å²) in [6.07, 6.45) is -4.64. The fourth-order valence-electron chi connectivity index (χ4n) is 1.72. The van der Waals surface area contributed by atoms with Crippen LogP contribution in [0.4, 0.5) is 18.9 Å². The average Bonchev–Trinajstić information content (AvgIpc) is 2.24. The highest BCUT2D eigenvalue weighted by Gasteiger charge is 2.38. The molecule has 120 valence electrons. The van der Waals surface area contributed by atoms with Crippen LogP contribution >= 0.6 is 11.6 Å². The maximum absolute atomic E-state index is 12.6. The molecule has 0 saturated heterocycles. The van der Waals surface area contributed by atoms with Crippen molar-refractivity contribution >= 4 is 27.3 Å². The molecule has 0 heterocycles. The molecule has 1 aromatic rings. The third-order valence-electron chi connectivity index (χ3n) is 2.50. The van der Waals surface area contributed by atoms with Gasteiger partial charge in [0.15, 0.2) is 0 Å². The van der Waals surface area contributed by atoms with Gasteiger partial charge >= 0.3 is 6.18 Å². The molecule has 0 bridgehead atoms. The Labute approximate surface area is 126 Å². The number of anilines is 1. The van der Waals surface area contributed by atoms with Crippen molar-refractivity contribution in [2.45, 2.75) is 24.9 Å². The number of hydrogen-bond acceptors (Lipinski definition) is 3. The van der Waals surface area contributed by atoms with E-state index in [2.05, 4.69) is 0 Å². The van der Waals surface area contributed by atoms with Crippen LogP contribution in [0.15, 0.2) is 23.1 Å². The number of rotatable bonds is 5. The second kappa shape index (κ2) is 6.41. The summed E-state index contributed by atoms with van der Waals surface area (Å²) in [6, 6.07) is 3.58. The number of alkyl halides is 3. The Kier molecular flexibility index (Phi) is 5.51. The number of nitrogens with zero attached hydrogens (tertiary/aromatic N) is 1. The van der Waals surface area contributed by atoms with Gasteiger partial charge in [-0.15, -0.1) is 0 Å². The van der Waals surface area contributed by atoms with Crippen LogP contribution in [0.25, 0.3) is 0 Å². The van der Waals surface area contributed by atoms with Crippen LogP contribution in [-0.2, 0) is 10.0 Å². The predicted molar refractivity (Wildman–Crippen MR) is 75.5 cm³/mol. The van der Waals surface area contributed by atoms with Crippen molar-refractivity contribution in [2.75, 3.05) is 18.8 Å². The van der Waals surface area contributed by atoms with Gasteiger partial charge in [0.25, 0.3) is 0 Å². The molecular formula is C12H16ClF3N2O2S. The number of nitrogen functional groups attached to an aromatic ring is 1. The zero-order chi connectivity index (χ0) is 16.4. The van der Waals surface area contributed by atoms with E-state index in [-0.39, 0.29) is 28.1 Å². The van der Waals surface area contributed by atoms with Crippen LogP contribution in [0.3, 0.4) is 0 Å². The Morgan fingerprint density at radius 3 is 2.33 bits per heavy atom. The third kappa shape index (κ3) is 5.05. The summed E-state index contributed by atoms with van der Waals surface area (Å²) >= 11 is 5.80. The first kappa shape index (κ1) is 18.1. The Morgan fingerprint density at radius 2 is 1.90 bits per heavy atom. The van der Waals surface area contributed by atoms with Crippen molar-refractivity contribution in [3.8, 4) is 0 Å². The first-order chi connectivity index (χ1) is 9.43. The summed E-state index contributed by atoms with van der Waals surface area (Å²) in [5, 5.41) is -0.203. The zero-order valence-electron chi connectivity index (χ0n) is 11.5.